The molecule has 0 spiro atoms. The highest BCUT2D eigenvalue weighted by atomic mass is 79.9. The number of halogens is 2. The second kappa shape index (κ2) is 6.37. The van der Waals surface area contributed by atoms with Crippen molar-refractivity contribution in [3.05, 3.63) is 11.6 Å². The summed E-state index contributed by atoms with van der Waals surface area (Å²) in [5.41, 5.74) is 1.28. The Morgan fingerprint density at radius 3 is 2.35 bits per heavy atom. The number of alkyl halides is 2. The highest BCUT2D eigenvalue weighted by molar-refractivity contribution is 9.10. The lowest BCUT2D eigenvalue weighted by molar-refractivity contribution is -0.115. The molecule has 2 nitrogen and oxygen atoms in total. The van der Waals surface area contributed by atoms with Crippen molar-refractivity contribution in [3.63, 3.8) is 0 Å². The van der Waals surface area contributed by atoms with Crippen LogP contribution in [0.2, 0.25) is 18.1 Å². The quantitative estimate of drug-likeness (QED) is 0.377. The Bertz CT molecular complexity index is 524. The fraction of sp³-hybridized carbons (Fsp3) is 0.833. The minimum absolute atomic E-state index is 0.0154. The van der Waals surface area contributed by atoms with Crippen LogP contribution in [0, 0.1) is 11.3 Å². The average molecular weight is 466 g/mol. The van der Waals surface area contributed by atoms with Gasteiger partial charge in [-0.05, 0) is 54.0 Å². The Balaban J connectivity index is 2.32. The molecule has 2 rings (SSSR count). The summed E-state index contributed by atoms with van der Waals surface area (Å²) in [6, 6.07) is 0. The number of carbonyl (C=O) groups excluding carboxylic acids is 1. The molecule has 0 saturated heterocycles. The molecule has 0 aliphatic heterocycles. The molecule has 0 unspecified atom stereocenters. The summed E-state index contributed by atoms with van der Waals surface area (Å²) >= 11 is 7.41. The second-order valence-electron chi connectivity index (χ2n) is 9.00. The summed E-state index contributed by atoms with van der Waals surface area (Å²) in [5, 5.41) is 0.214. The van der Waals surface area contributed by atoms with Crippen LogP contribution in [0.25, 0.3) is 0 Å². The molecular formula is C18H30Br2O2Si. The van der Waals surface area contributed by atoms with Crippen LogP contribution < -0.4 is 0 Å². The summed E-state index contributed by atoms with van der Waals surface area (Å²) < 4.78 is 6.78. The topological polar surface area (TPSA) is 26.3 Å². The zero-order valence-electron chi connectivity index (χ0n) is 15.4. The molecule has 1 saturated carbocycles. The van der Waals surface area contributed by atoms with Crippen molar-refractivity contribution >= 4 is 46.0 Å². The molecule has 0 amide bonds. The molecular weight excluding hydrogens is 436 g/mol. The molecule has 5 atom stereocenters. The molecule has 2 aliphatic carbocycles. The van der Waals surface area contributed by atoms with Gasteiger partial charge in [0.1, 0.15) is 0 Å². The fourth-order valence-corrected chi connectivity index (χ4v) is 6.79. The van der Waals surface area contributed by atoms with Crippen LogP contribution in [-0.2, 0) is 9.22 Å². The Morgan fingerprint density at radius 1 is 1.26 bits per heavy atom. The first kappa shape index (κ1) is 19.9. The predicted molar refractivity (Wildman–Crippen MR) is 107 cm³/mol. The molecule has 1 fully saturated rings. The zero-order valence-corrected chi connectivity index (χ0v) is 19.5. The average Bonchev–Trinajstić information content (AvgIpc) is 2.38. The Kier molecular flexibility index (Phi) is 5.50. The minimum Gasteiger partial charge on any atom is -0.414 e. The normalized spacial score (nSPS) is 39.0. The lowest BCUT2D eigenvalue weighted by Gasteiger charge is -2.53. The molecule has 0 heterocycles. The van der Waals surface area contributed by atoms with Gasteiger partial charge in [0.15, 0.2) is 14.1 Å². The first-order valence-electron chi connectivity index (χ1n) is 8.51. The summed E-state index contributed by atoms with van der Waals surface area (Å²) in [5.74, 6) is 0.614. The van der Waals surface area contributed by atoms with E-state index in [1.165, 1.54) is 5.57 Å². The van der Waals surface area contributed by atoms with E-state index in [9.17, 15) is 4.79 Å². The Morgan fingerprint density at radius 2 is 1.83 bits per heavy atom. The fourth-order valence-electron chi connectivity index (χ4n) is 3.55. The van der Waals surface area contributed by atoms with E-state index in [2.05, 4.69) is 79.6 Å². The van der Waals surface area contributed by atoms with Crippen LogP contribution in [0.5, 0.6) is 0 Å². The maximum absolute atomic E-state index is 12.1. The van der Waals surface area contributed by atoms with Crippen LogP contribution in [0.1, 0.15) is 47.5 Å². The van der Waals surface area contributed by atoms with Crippen LogP contribution >= 0.6 is 31.9 Å². The molecule has 0 bridgehead atoms. The zero-order chi connectivity index (χ0) is 17.8. The van der Waals surface area contributed by atoms with Crippen molar-refractivity contribution in [3.8, 4) is 0 Å². The SMILES string of the molecule is C[C@H]1[C@@H](O[Si](C)(C)C(C)(C)C)C[C@H](Br)C2=CC(=O)[C@H](Br)C[C@@]21C. The molecule has 132 valence electrons. The number of carbonyl (C=O) groups is 1. The smallest absolute Gasteiger partial charge is 0.192 e. The Labute approximate surface area is 159 Å². The largest absolute Gasteiger partial charge is 0.414 e. The molecule has 0 aromatic carbocycles. The third kappa shape index (κ3) is 3.58. The van der Waals surface area contributed by atoms with E-state index in [0.29, 0.717) is 5.92 Å². The van der Waals surface area contributed by atoms with Gasteiger partial charge < -0.3 is 4.43 Å². The van der Waals surface area contributed by atoms with E-state index in [1.807, 2.05) is 6.08 Å². The van der Waals surface area contributed by atoms with E-state index in [1.54, 1.807) is 0 Å². The maximum Gasteiger partial charge on any atom is 0.192 e. The standard InChI is InChI=1S/C18H30Br2O2Si/c1-11-16(22-23(6,7)17(2,3)4)9-13(19)12-8-15(21)14(20)10-18(11,12)5/h8,11,13-14,16H,9-10H2,1-7H3/t11-,13-,14+,16-,18+/m0/s1. The third-order valence-corrected chi connectivity index (χ3v) is 12.6. The van der Waals surface area contributed by atoms with Gasteiger partial charge in [0, 0.05) is 10.9 Å². The van der Waals surface area contributed by atoms with Crippen molar-refractivity contribution in [2.45, 2.75) is 81.4 Å². The first-order valence-corrected chi connectivity index (χ1v) is 13.3. The monoisotopic (exact) mass is 464 g/mol. The molecule has 5 heteroatoms. The first-order chi connectivity index (χ1) is 10.3. The molecule has 23 heavy (non-hydrogen) atoms. The van der Waals surface area contributed by atoms with Gasteiger partial charge in [-0.3, -0.25) is 4.79 Å². The number of hydrogen-bond acceptors (Lipinski definition) is 2. The van der Waals surface area contributed by atoms with E-state index in [4.69, 9.17) is 4.43 Å². The van der Waals surface area contributed by atoms with Crippen molar-refractivity contribution < 1.29 is 9.22 Å². The highest BCUT2D eigenvalue weighted by Gasteiger charge is 2.52. The second-order valence-corrected chi connectivity index (χ2v) is 16.0. The number of rotatable bonds is 2. The van der Waals surface area contributed by atoms with E-state index < -0.39 is 8.32 Å². The lowest BCUT2D eigenvalue weighted by Crippen LogP contribution is -2.54. The van der Waals surface area contributed by atoms with Crippen molar-refractivity contribution in [1.29, 1.82) is 0 Å². The molecule has 0 N–H and O–H groups in total. The number of fused-ring (bicyclic) bond motifs is 1. The van der Waals surface area contributed by atoms with Crippen LogP contribution in [-0.4, -0.2) is 29.9 Å². The van der Waals surface area contributed by atoms with Gasteiger partial charge in [-0.2, -0.15) is 0 Å². The summed E-state index contributed by atoms with van der Waals surface area (Å²) in [6.45, 7) is 16.1. The number of allylic oxidation sites excluding steroid dienone is 2. The molecule has 0 radical (unpaired) electrons. The Hall–Kier alpha value is 0.547. The van der Waals surface area contributed by atoms with Gasteiger partial charge in [0.2, 0.25) is 0 Å². The van der Waals surface area contributed by atoms with Gasteiger partial charge >= 0.3 is 0 Å². The van der Waals surface area contributed by atoms with E-state index in [0.717, 1.165) is 12.8 Å². The van der Waals surface area contributed by atoms with Crippen molar-refractivity contribution in [1.82, 2.24) is 0 Å². The van der Waals surface area contributed by atoms with Crippen LogP contribution in [0.4, 0.5) is 0 Å². The van der Waals surface area contributed by atoms with E-state index >= 15 is 0 Å². The summed E-state index contributed by atoms with van der Waals surface area (Å²) in [7, 11) is -1.80. The van der Waals surface area contributed by atoms with Gasteiger partial charge in [-0.1, -0.05) is 66.5 Å². The maximum atomic E-state index is 12.1. The third-order valence-electron chi connectivity index (χ3n) is 6.46. The van der Waals surface area contributed by atoms with Crippen molar-refractivity contribution in [2.24, 2.45) is 11.3 Å². The number of ketones is 1. The van der Waals surface area contributed by atoms with Crippen LogP contribution in [0.15, 0.2) is 11.6 Å². The lowest BCUT2D eigenvalue weighted by atomic mass is 9.59. The summed E-state index contributed by atoms with van der Waals surface area (Å²) in [4.78, 5) is 12.3. The van der Waals surface area contributed by atoms with Crippen LogP contribution in [0.3, 0.4) is 0 Å². The van der Waals surface area contributed by atoms with E-state index in [-0.39, 0.29) is 32.0 Å². The number of hydrogen-bond donors (Lipinski definition) is 0. The van der Waals surface area contributed by atoms with Gasteiger partial charge in [-0.15, -0.1) is 0 Å². The highest BCUT2D eigenvalue weighted by Crippen LogP contribution is 2.54. The summed E-state index contributed by atoms with van der Waals surface area (Å²) in [6.07, 6.45) is 3.94. The molecule has 2 aliphatic rings. The van der Waals surface area contributed by atoms with Crippen molar-refractivity contribution in [2.75, 3.05) is 0 Å². The van der Waals surface area contributed by atoms with Gasteiger partial charge in [0.25, 0.3) is 0 Å². The predicted octanol–water partition coefficient (Wildman–Crippen LogP) is 5.85. The van der Waals surface area contributed by atoms with Gasteiger partial charge in [0.05, 0.1) is 4.83 Å². The molecule has 0 aromatic heterocycles. The molecule has 0 aromatic rings. The van der Waals surface area contributed by atoms with Gasteiger partial charge in [-0.25, -0.2) is 0 Å². The minimum atomic E-state index is -1.80.